The molecule has 0 aliphatic heterocycles. The summed E-state index contributed by atoms with van der Waals surface area (Å²) in [5.74, 6) is -0.0456. The number of carbonyl (C=O) groups is 1. The lowest BCUT2D eigenvalue weighted by Gasteiger charge is -2.22. The number of aliphatic hydroxyl groups is 2. The zero-order valence-electron chi connectivity index (χ0n) is 27.8. The van der Waals surface area contributed by atoms with Crippen molar-refractivity contribution in [1.29, 1.82) is 0 Å². The van der Waals surface area contributed by atoms with E-state index in [0.29, 0.717) is 12.8 Å². The first-order valence-corrected chi connectivity index (χ1v) is 18.4. The van der Waals surface area contributed by atoms with Crippen molar-refractivity contribution in [1.82, 2.24) is 5.32 Å². The highest BCUT2D eigenvalue weighted by Crippen LogP contribution is 2.16. The summed E-state index contributed by atoms with van der Waals surface area (Å²) >= 11 is 0. The lowest BCUT2D eigenvalue weighted by Crippen LogP contribution is -2.45. The molecule has 1 amide bonds. The molecule has 4 nitrogen and oxygen atoms in total. The number of carbonyl (C=O) groups excluding carboxylic acids is 1. The van der Waals surface area contributed by atoms with Gasteiger partial charge in [0.1, 0.15) is 0 Å². The van der Waals surface area contributed by atoms with E-state index >= 15 is 0 Å². The molecule has 0 radical (unpaired) electrons. The van der Waals surface area contributed by atoms with Crippen LogP contribution in [-0.2, 0) is 4.79 Å². The summed E-state index contributed by atoms with van der Waals surface area (Å²) in [6.07, 6.45) is 39.9. The zero-order chi connectivity index (χ0) is 30.1. The molecule has 3 N–H and O–H groups in total. The standard InChI is InChI=1S/C37H73NO3/c1-3-5-7-9-11-13-15-16-17-18-19-20-21-22-23-24-26-28-30-32-36(40)35(34-39)38-37(41)33-31-29-27-25-14-12-10-8-6-4-2/h10,12,35-36,39-40H,3-9,11,13-34H2,1-2H3,(H,38,41)/b12-10-. The van der Waals surface area contributed by atoms with Crippen LogP contribution in [0.2, 0.25) is 0 Å². The van der Waals surface area contributed by atoms with Gasteiger partial charge in [-0.15, -0.1) is 0 Å². The summed E-state index contributed by atoms with van der Waals surface area (Å²) in [5, 5.41) is 23.0. The first kappa shape index (κ1) is 40.1. The van der Waals surface area contributed by atoms with Crippen LogP contribution in [-0.4, -0.2) is 34.9 Å². The van der Waals surface area contributed by atoms with Gasteiger partial charge in [0.25, 0.3) is 0 Å². The second-order valence-electron chi connectivity index (χ2n) is 12.6. The third-order valence-corrected chi connectivity index (χ3v) is 8.53. The lowest BCUT2D eigenvalue weighted by molar-refractivity contribution is -0.123. The minimum atomic E-state index is -0.658. The highest BCUT2D eigenvalue weighted by atomic mass is 16.3. The van der Waals surface area contributed by atoms with Crippen molar-refractivity contribution in [3.05, 3.63) is 12.2 Å². The minimum Gasteiger partial charge on any atom is -0.394 e. The number of rotatable bonds is 33. The van der Waals surface area contributed by atoms with E-state index in [1.807, 2.05) is 0 Å². The van der Waals surface area contributed by atoms with Crippen molar-refractivity contribution in [2.75, 3.05) is 6.61 Å². The smallest absolute Gasteiger partial charge is 0.220 e. The number of unbranched alkanes of at least 4 members (excludes halogenated alkanes) is 24. The molecule has 0 saturated heterocycles. The van der Waals surface area contributed by atoms with Crippen LogP contribution in [0.3, 0.4) is 0 Å². The molecule has 0 fully saturated rings. The first-order chi connectivity index (χ1) is 20.2. The molecular formula is C37H73NO3. The number of hydrogen-bond acceptors (Lipinski definition) is 3. The fraction of sp³-hybridized carbons (Fsp3) is 0.919. The number of allylic oxidation sites excluding steroid dienone is 2. The van der Waals surface area contributed by atoms with E-state index in [1.54, 1.807) is 0 Å². The average molecular weight is 580 g/mol. The van der Waals surface area contributed by atoms with Crippen molar-refractivity contribution in [3.8, 4) is 0 Å². The Balaban J connectivity index is 3.51. The van der Waals surface area contributed by atoms with Gasteiger partial charge in [-0.1, -0.05) is 174 Å². The van der Waals surface area contributed by atoms with E-state index < -0.39 is 12.1 Å². The average Bonchev–Trinajstić information content (AvgIpc) is 2.97. The molecule has 0 spiro atoms. The van der Waals surface area contributed by atoms with E-state index in [1.165, 1.54) is 135 Å². The molecule has 0 heterocycles. The summed E-state index contributed by atoms with van der Waals surface area (Å²) < 4.78 is 0. The van der Waals surface area contributed by atoms with Gasteiger partial charge >= 0.3 is 0 Å². The maximum absolute atomic E-state index is 12.3. The molecule has 2 unspecified atom stereocenters. The first-order valence-electron chi connectivity index (χ1n) is 18.4. The van der Waals surface area contributed by atoms with Crippen LogP contribution < -0.4 is 5.32 Å². The van der Waals surface area contributed by atoms with Crippen LogP contribution in [0.1, 0.15) is 200 Å². The Morgan fingerprint density at radius 3 is 1.41 bits per heavy atom. The van der Waals surface area contributed by atoms with Crippen molar-refractivity contribution >= 4 is 5.91 Å². The Bertz CT molecular complexity index is 550. The van der Waals surface area contributed by atoms with E-state index in [2.05, 4.69) is 31.3 Å². The molecular weight excluding hydrogens is 506 g/mol. The largest absolute Gasteiger partial charge is 0.394 e. The Labute approximate surface area is 256 Å². The Kier molecular flexibility index (Phi) is 32.9. The van der Waals surface area contributed by atoms with E-state index in [4.69, 9.17) is 0 Å². The third-order valence-electron chi connectivity index (χ3n) is 8.53. The monoisotopic (exact) mass is 580 g/mol. The van der Waals surface area contributed by atoms with Gasteiger partial charge in [0, 0.05) is 6.42 Å². The maximum Gasteiger partial charge on any atom is 0.220 e. The summed E-state index contributed by atoms with van der Waals surface area (Å²) in [6, 6.07) is -0.536. The van der Waals surface area contributed by atoms with Crippen molar-refractivity contribution in [2.24, 2.45) is 0 Å². The van der Waals surface area contributed by atoms with Crippen LogP contribution in [0.15, 0.2) is 12.2 Å². The highest BCUT2D eigenvalue weighted by molar-refractivity contribution is 5.76. The molecule has 0 aromatic carbocycles. The molecule has 244 valence electrons. The van der Waals surface area contributed by atoms with E-state index in [9.17, 15) is 15.0 Å². The number of hydrogen-bond donors (Lipinski definition) is 3. The van der Waals surface area contributed by atoms with Crippen LogP contribution in [0.5, 0.6) is 0 Å². The van der Waals surface area contributed by atoms with Gasteiger partial charge in [0.05, 0.1) is 18.8 Å². The molecule has 4 heteroatoms. The molecule has 0 aliphatic rings. The molecule has 41 heavy (non-hydrogen) atoms. The van der Waals surface area contributed by atoms with Crippen LogP contribution >= 0.6 is 0 Å². The summed E-state index contributed by atoms with van der Waals surface area (Å²) in [4.78, 5) is 12.3. The second kappa shape index (κ2) is 33.6. The predicted molar refractivity (Wildman–Crippen MR) is 179 cm³/mol. The molecule has 0 aromatic heterocycles. The van der Waals surface area contributed by atoms with Crippen LogP contribution in [0.4, 0.5) is 0 Å². The SMILES string of the molecule is CCCC/C=C\CCCCCCC(=O)NC(CO)C(O)CCCCCCCCCCCCCCCCCCCCC. The molecule has 0 saturated carbocycles. The topological polar surface area (TPSA) is 69.6 Å². The quantitative estimate of drug-likeness (QED) is 0.0535. The van der Waals surface area contributed by atoms with Gasteiger partial charge in [-0.25, -0.2) is 0 Å². The second-order valence-corrected chi connectivity index (χ2v) is 12.6. The van der Waals surface area contributed by atoms with Crippen molar-refractivity contribution in [2.45, 2.75) is 212 Å². The van der Waals surface area contributed by atoms with Gasteiger partial charge in [-0.05, 0) is 32.1 Å². The fourth-order valence-corrected chi connectivity index (χ4v) is 5.63. The van der Waals surface area contributed by atoms with Crippen molar-refractivity contribution < 1.29 is 15.0 Å². The van der Waals surface area contributed by atoms with Gasteiger partial charge in [0.15, 0.2) is 0 Å². The van der Waals surface area contributed by atoms with Crippen LogP contribution in [0.25, 0.3) is 0 Å². The number of nitrogens with one attached hydrogen (secondary N) is 1. The molecule has 0 aliphatic carbocycles. The molecule has 2 atom stereocenters. The Hall–Kier alpha value is -0.870. The third kappa shape index (κ3) is 30.4. The Morgan fingerprint density at radius 2 is 0.951 bits per heavy atom. The normalized spacial score (nSPS) is 13.2. The summed E-state index contributed by atoms with van der Waals surface area (Å²) in [6.45, 7) is 4.31. The van der Waals surface area contributed by atoms with Crippen molar-refractivity contribution in [3.63, 3.8) is 0 Å². The predicted octanol–water partition coefficient (Wildman–Crippen LogP) is 10.7. The fourth-order valence-electron chi connectivity index (χ4n) is 5.63. The Morgan fingerprint density at radius 1 is 0.561 bits per heavy atom. The molecule has 0 bridgehead atoms. The summed E-state index contributed by atoms with van der Waals surface area (Å²) in [7, 11) is 0. The van der Waals surface area contributed by atoms with E-state index in [-0.39, 0.29) is 12.5 Å². The van der Waals surface area contributed by atoms with Gasteiger partial charge < -0.3 is 15.5 Å². The molecule has 0 aromatic rings. The number of aliphatic hydroxyl groups excluding tert-OH is 2. The van der Waals surface area contributed by atoms with E-state index in [0.717, 1.165) is 38.5 Å². The lowest BCUT2D eigenvalue weighted by atomic mass is 10.0. The highest BCUT2D eigenvalue weighted by Gasteiger charge is 2.19. The van der Waals surface area contributed by atoms with Gasteiger partial charge in [-0.2, -0.15) is 0 Å². The number of amides is 1. The summed E-state index contributed by atoms with van der Waals surface area (Å²) in [5.41, 5.74) is 0. The molecule has 0 rings (SSSR count). The van der Waals surface area contributed by atoms with Gasteiger partial charge in [-0.3, -0.25) is 4.79 Å². The minimum absolute atomic E-state index is 0.0456. The zero-order valence-corrected chi connectivity index (χ0v) is 27.8. The van der Waals surface area contributed by atoms with Gasteiger partial charge in [0.2, 0.25) is 5.91 Å². The maximum atomic E-state index is 12.3. The van der Waals surface area contributed by atoms with Crippen LogP contribution in [0, 0.1) is 0 Å².